The van der Waals surface area contributed by atoms with Crippen LogP contribution in [0, 0.1) is 0 Å². The van der Waals surface area contributed by atoms with Gasteiger partial charge in [0, 0.05) is 9.79 Å². The Morgan fingerprint density at radius 1 is 0.750 bits per heavy atom. The first-order chi connectivity index (χ1) is 5.75. The summed E-state index contributed by atoms with van der Waals surface area (Å²) in [7, 11) is 0. The van der Waals surface area contributed by atoms with E-state index in [1.807, 2.05) is 30.3 Å². The third-order valence-electron chi connectivity index (χ3n) is 1.79. The highest BCUT2D eigenvalue weighted by molar-refractivity contribution is 7.80. The molecule has 0 bridgehead atoms. The highest BCUT2D eigenvalue weighted by atomic mass is 32.1. The fraction of sp³-hybridized carbons (Fsp3) is 0. The quantitative estimate of drug-likeness (QED) is 0.587. The molecule has 2 rings (SSSR count). The van der Waals surface area contributed by atoms with Gasteiger partial charge in [0.25, 0.3) is 0 Å². The van der Waals surface area contributed by atoms with Gasteiger partial charge in [-0.3, -0.25) is 0 Å². The molecule has 0 radical (unpaired) electrons. The van der Waals surface area contributed by atoms with E-state index in [9.17, 15) is 0 Å². The average Bonchev–Trinajstić information content (AvgIpc) is 2.23. The van der Waals surface area contributed by atoms with Gasteiger partial charge in [-0.2, -0.15) is 0 Å². The summed E-state index contributed by atoms with van der Waals surface area (Å²) in [5, 5.41) is 0. The molecule has 0 nitrogen and oxygen atoms in total. The van der Waals surface area contributed by atoms with Gasteiger partial charge in [0.2, 0.25) is 0 Å². The van der Waals surface area contributed by atoms with Crippen LogP contribution in [-0.4, -0.2) is 0 Å². The predicted molar refractivity (Wildman–Crippen MR) is 57.6 cm³/mol. The first kappa shape index (κ1) is 8.02. The standard InChI is InChI=1S/C10H8S2/c11-9-3-1-2-7-4-10(12)6-8(7)5-9/h1-6,11-12H. The number of hydrogen-bond donors (Lipinski definition) is 2. The van der Waals surface area contributed by atoms with E-state index in [4.69, 9.17) is 0 Å². The lowest BCUT2D eigenvalue weighted by molar-refractivity contribution is 1.53. The largest absolute Gasteiger partial charge is 0.143 e. The Morgan fingerprint density at radius 3 is 2.25 bits per heavy atom. The second kappa shape index (κ2) is 3.04. The topological polar surface area (TPSA) is 0 Å². The van der Waals surface area contributed by atoms with E-state index in [-0.39, 0.29) is 0 Å². The van der Waals surface area contributed by atoms with Crippen LogP contribution in [0.5, 0.6) is 0 Å². The van der Waals surface area contributed by atoms with Crippen molar-refractivity contribution in [1.82, 2.24) is 0 Å². The maximum atomic E-state index is 4.29. The van der Waals surface area contributed by atoms with E-state index in [1.54, 1.807) is 0 Å². The van der Waals surface area contributed by atoms with Gasteiger partial charge in [0.1, 0.15) is 0 Å². The zero-order chi connectivity index (χ0) is 8.55. The SMILES string of the molecule is Sc1cccc2cc(S)cc-2c1. The summed E-state index contributed by atoms with van der Waals surface area (Å²) in [6.07, 6.45) is 0. The molecular weight excluding hydrogens is 184 g/mol. The lowest BCUT2D eigenvalue weighted by Crippen LogP contribution is -1.61. The zero-order valence-electron chi connectivity index (χ0n) is 6.36. The van der Waals surface area contributed by atoms with Gasteiger partial charge in [-0.15, -0.1) is 25.3 Å². The van der Waals surface area contributed by atoms with Gasteiger partial charge in [-0.05, 0) is 35.4 Å². The maximum absolute atomic E-state index is 4.29. The van der Waals surface area contributed by atoms with Gasteiger partial charge < -0.3 is 0 Å². The smallest absolute Gasteiger partial charge is 0.00523 e. The molecule has 0 amide bonds. The Kier molecular flexibility index (Phi) is 2.03. The highest BCUT2D eigenvalue weighted by Gasteiger charge is 2.01. The third kappa shape index (κ3) is 1.45. The Labute approximate surface area is 82.8 Å². The van der Waals surface area contributed by atoms with E-state index >= 15 is 0 Å². The molecule has 0 aromatic heterocycles. The molecule has 0 aliphatic heterocycles. The second-order valence-corrected chi connectivity index (χ2v) is 3.75. The molecule has 0 N–H and O–H groups in total. The molecule has 2 heteroatoms. The number of thiol groups is 2. The van der Waals surface area contributed by atoms with Crippen molar-refractivity contribution >= 4 is 25.3 Å². The molecule has 0 spiro atoms. The third-order valence-corrected chi connectivity index (χ3v) is 2.32. The lowest BCUT2D eigenvalue weighted by atomic mass is 10.2. The number of fused-ring (bicyclic) bond motifs is 1. The second-order valence-electron chi connectivity index (χ2n) is 2.72. The van der Waals surface area contributed by atoms with E-state index < -0.39 is 0 Å². The van der Waals surface area contributed by atoms with Gasteiger partial charge >= 0.3 is 0 Å². The zero-order valence-corrected chi connectivity index (χ0v) is 8.15. The minimum atomic E-state index is 0.976. The van der Waals surface area contributed by atoms with Crippen molar-refractivity contribution in [3.05, 3.63) is 36.4 Å². The van der Waals surface area contributed by atoms with Gasteiger partial charge in [0.05, 0.1) is 0 Å². The Hall–Kier alpha value is -0.600. The summed E-state index contributed by atoms with van der Waals surface area (Å²) < 4.78 is 0. The van der Waals surface area contributed by atoms with Crippen molar-refractivity contribution in [2.24, 2.45) is 0 Å². The molecule has 0 heterocycles. The van der Waals surface area contributed by atoms with Crippen LogP contribution < -0.4 is 0 Å². The molecule has 0 fully saturated rings. The van der Waals surface area contributed by atoms with Crippen LogP contribution in [0.2, 0.25) is 0 Å². The van der Waals surface area contributed by atoms with Crippen LogP contribution in [-0.2, 0) is 0 Å². The predicted octanol–water partition coefficient (Wildman–Crippen LogP) is 3.37. The van der Waals surface area contributed by atoms with Crippen molar-refractivity contribution in [2.75, 3.05) is 0 Å². The van der Waals surface area contributed by atoms with Crippen molar-refractivity contribution in [1.29, 1.82) is 0 Å². The van der Waals surface area contributed by atoms with Crippen LogP contribution in [0.1, 0.15) is 0 Å². The Morgan fingerprint density at radius 2 is 1.42 bits per heavy atom. The van der Waals surface area contributed by atoms with E-state index in [1.165, 1.54) is 11.1 Å². The summed E-state index contributed by atoms with van der Waals surface area (Å²) in [6, 6.07) is 12.2. The molecule has 0 unspecified atom stereocenters. The first-order valence-electron chi connectivity index (χ1n) is 3.67. The minimum absolute atomic E-state index is 0.976. The maximum Gasteiger partial charge on any atom is 0.00523 e. The molecule has 0 aromatic rings. The summed E-state index contributed by atoms with van der Waals surface area (Å²) in [6.45, 7) is 0. The average molecular weight is 192 g/mol. The summed E-state index contributed by atoms with van der Waals surface area (Å²) >= 11 is 8.57. The lowest BCUT2D eigenvalue weighted by Gasteiger charge is -1.87. The molecule has 2 aliphatic rings. The summed E-state index contributed by atoms with van der Waals surface area (Å²) in [4.78, 5) is 1.98. The first-order valence-corrected chi connectivity index (χ1v) is 4.57. The van der Waals surface area contributed by atoms with E-state index in [0.29, 0.717) is 0 Å². The van der Waals surface area contributed by atoms with Gasteiger partial charge in [-0.25, -0.2) is 0 Å². The normalized spacial score (nSPS) is 10.5. The Balaban J connectivity index is 2.72. The summed E-state index contributed by atoms with van der Waals surface area (Å²) in [5.74, 6) is 0. The molecule has 0 saturated heterocycles. The van der Waals surface area contributed by atoms with Crippen LogP contribution in [0.4, 0.5) is 0 Å². The molecule has 0 atom stereocenters. The van der Waals surface area contributed by atoms with E-state index in [2.05, 4.69) is 31.3 Å². The van der Waals surface area contributed by atoms with E-state index in [0.717, 1.165) is 9.79 Å². The fourth-order valence-corrected chi connectivity index (χ4v) is 1.76. The molecular formula is C10H8S2. The number of hydrogen-bond acceptors (Lipinski definition) is 2. The van der Waals surface area contributed by atoms with Crippen molar-refractivity contribution < 1.29 is 0 Å². The Bertz CT molecular complexity index is 382. The summed E-state index contributed by atoms with van der Waals surface area (Å²) in [5.41, 5.74) is 2.40. The molecule has 12 heavy (non-hydrogen) atoms. The molecule has 2 aliphatic carbocycles. The monoisotopic (exact) mass is 192 g/mol. The van der Waals surface area contributed by atoms with Gasteiger partial charge in [-0.1, -0.05) is 12.1 Å². The fourth-order valence-electron chi connectivity index (χ4n) is 1.25. The van der Waals surface area contributed by atoms with Crippen LogP contribution >= 0.6 is 25.3 Å². The van der Waals surface area contributed by atoms with Crippen molar-refractivity contribution in [3.63, 3.8) is 0 Å². The minimum Gasteiger partial charge on any atom is -0.143 e. The molecule has 0 saturated carbocycles. The van der Waals surface area contributed by atoms with Gasteiger partial charge in [0.15, 0.2) is 0 Å². The van der Waals surface area contributed by atoms with Crippen LogP contribution in [0.3, 0.4) is 0 Å². The van der Waals surface area contributed by atoms with Crippen LogP contribution in [0.25, 0.3) is 11.1 Å². The molecule has 0 aromatic carbocycles. The van der Waals surface area contributed by atoms with Crippen molar-refractivity contribution in [3.8, 4) is 11.1 Å². The molecule has 60 valence electrons. The van der Waals surface area contributed by atoms with Crippen molar-refractivity contribution in [2.45, 2.75) is 9.79 Å². The van der Waals surface area contributed by atoms with Crippen LogP contribution in [0.15, 0.2) is 46.2 Å². The number of rotatable bonds is 0. The highest BCUT2D eigenvalue weighted by Crippen LogP contribution is 2.28.